The Labute approximate surface area is 115 Å². The van der Waals surface area contributed by atoms with Gasteiger partial charge in [-0.2, -0.15) is 5.10 Å². The van der Waals surface area contributed by atoms with Crippen molar-refractivity contribution in [1.82, 2.24) is 14.7 Å². The Balaban J connectivity index is 0.000000861. The second-order valence-electron chi connectivity index (χ2n) is 4.93. The number of aromatic nitrogens is 2. The summed E-state index contributed by atoms with van der Waals surface area (Å²) in [4.78, 5) is 14.3. The van der Waals surface area contributed by atoms with E-state index in [4.69, 9.17) is 4.74 Å². The molecular formula is C14H25N3O2. The van der Waals surface area contributed by atoms with Crippen molar-refractivity contribution >= 4 is 5.91 Å². The molecule has 0 aromatic carbocycles. The van der Waals surface area contributed by atoms with E-state index in [1.54, 1.807) is 10.9 Å². The number of hydrogen-bond donors (Lipinski definition) is 0. The fraction of sp³-hybridized carbons (Fsp3) is 0.714. The van der Waals surface area contributed by atoms with Gasteiger partial charge in [-0.25, -0.2) is 0 Å². The van der Waals surface area contributed by atoms with Crippen LogP contribution in [-0.4, -0.2) is 46.9 Å². The zero-order valence-corrected chi connectivity index (χ0v) is 12.6. The topological polar surface area (TPSA) is 47.4 Å². The molecule has 2 heterocycles. The van der Waals surface area contributed by atoms with Gasteiger partial charge in [0, 0.05) is 19.3 Å². The van der Waals surface area contributed by atoms with Crippen molar-refractivity contribution in [3.8, 4) is 0 Å². The van der Waals surface area contributed by atoms with E-state index in [9.17, 15) is 4.79 Å². The molecule has 0 spiro atoms. The summed E-state index contributed by atoms with van der Waals surface area (Å²) in [6.07, 6.45) is 3.67. The molecule has 1 aliphatic rings. The van der Waals surface area contributed by atoms with Gasteiger partial charge in [0.05, 0.1) is 19.4 Å². The monoisotopic (exact) mass is 267 g/mol. The zero-order chi connectivity index (χ0) is 14.5. The van der Waals surface area contributed by atoms with Gasteiger partial charge in [0.15, 0.2) is 0 Å². The Morgan fingerprint density at radius 2 is 1.89 bits per heavy atom. The molecule has 1 aliphatic heterocycles. The Morgan fingerprint density at radius 3 is 2.37 bits per heavy atom. The number of rotatable bonds is 2. The molecule has 2 rings (SSSR count). The van der Waals surface area contributed by atoms with Gasteiger partial charge in [0.1, 0.15) is 5.54 Å². The van der Waals surface area contributed by atoms with Crippen molar-refractivity contribution in [2.45, 2.75) is 40.2 Å². The molecule has 0 atom stereocenters. The van der Waals surface area contributed by atoms with Crippen LogP contribution in [0.25, 0.3) is 0 Å². The summed E-state index contributed by atoms with van der Waals surface area (Å²) in [6.45, 7) is 12.4. The van der Waals surface area contributed by atoms with Crippen LogP contribution in [0, 0.1) is 6.92 Å². The zero-order valence-electron chi connectivity index (χ0n) is 12.6. The smallest absolute Gasteiger partial charge is 0.250 e. The van der Waals surface area contributed by atoms with Crippen LogP contribution in [0.1, 0.15) is 33.3 Å². The molecule has 1 saturated heterocycles. The summed E-state index contributed by atoms with van der Waals surface area (Å²) in [6, 6.07) is 0. The van der Waals surface area contributed by atoms with Crippen LogP contribution in [0.3, 0.4) is 0 Å². The highest BCUT2D eigenvalue weighted by molar-refractivity contribution is 5.83. The third kappa shape index (κ3) is 3.56. The molecular weight excluding hydrogens is 242 g/mol. The van der Waals surface area contributed by atoms with Gasteiger partial charge in [-0.15, -0.1) is 0 Å². The number of morpholine rings is 1. The third-order valence-corrected chi connectivity index (χ3v) is 3.11. The molecule has 0 aliphatic carbocycles. The lowest BCUT2D eigenvalue weighted by atomic mass is 10.0. The van der Waals surface area contributed by atoms with Crippen LogP contribution in [0.2, 0.25) is 0 Å². The normalized spacial score (nSPS) is 15.7. The van der Waals surface area contributed by atoms with Crippen molar-refractivity contribution in [2.75, 3.05) is 26.3 Å². The van der Waals surface area contributed by atoms with Gasteiger partial charge in [-0.1, -0.05) is 13.8 Å². The Kier molecular flexibility index (Phi) is 5.54. The third-order valence-electron chi connectivity index (χ3n) is 3.11. The van der Waals surface area contributed by atoms with E-state index in [1.807, 2.05) is 45.7 Å². The summed E-state index contributed by atoms with van der Waals surface area (Å²) in [7, 11) is 0. The lowest BCUT2D eigenvalue weighted by molar-refractivity contribution is -0.143. The quantitative estimate of drug-likeness (QED) is 0.821. The van der Waals surface area contributed by atoms with Crippen LogP contribution >= 0.6 is 0 Å². The first-order chi connectivity index (χ1) is 9.01. The average molecular weight is 267 g/mol. The van der Waals surface area contributed by atoms with Gasteiger partial charge < -0.3 is 9.64 Å². The van der Waals surface area contributed by atoms with Crippen molar-refractivity contribution < 1.29 is 9.53 Å². The number of ether oxygens (including phenoxy) is 1. The number of hydrogen-bond acceptors (Lipinski definition) is 3. The second-order valence-corrected chi connectivity index (χ2v) is 4.93. The molecule has 5 heteroatoms. The van der Waals surface area contributed by atoms with Crippen LogP contribution in [0.4, 0.5) is 0 Å². The van der Waals surface area contributed by atoms with Crippen molar-refractivity contribution in [3.05, 3.63) is 18.0 Å². The molecule has 0 unspecified atom stereocenters. The van der Waals surface area contributed by atoms with Crippen molar-refractivity contribution in [3.63, 3.8) is 0 Å². The number of aryl methyl sites for hydroxylation is 1. The number of carbonyl (C=O) groups is 1. The van der Waals surface area contributed by atoms with Gasteiger partial charge in [-0.3, -0.25) is 9.48 Å². The standard InChI is InChI=1S/C12H19N3O2.C2H6/c1-10-8-13-15(9-10)12(2,3)11(16)14-4-6-17-7-5-14;1-2/h8-9H,4-7H2,1-3H3;1-2H3. The molecule has 5 nitrogen and oxygen atoms in total. The predicted molar refractivity (Wildman–Crippen MR) is 75.0 cm³/mol. The number of nitrogens with zero attached hydrogens (tertiary/aromatic N) is 3. The molecule has 1 fully saturated rings. The van der Waals surface area contributed by atoms with Crippen LogP contribution < -0.4 is 0 Å². The summed E-state index contributed by atoms with van der Waals surface area (Å²) in [5, 5.41) is 4.24. The van der Waals surface area contributed by atoms with Gasteiger partial charge in [0.2, 0.25) is 5.91 Å². The SMILES string of the molecule is CC.Cc1cnn(C(C)(C)C(=O)N2CCOCC2)c1. The maximum Gasteiger partial charge on any atom is 0.250 e. The lowest BCUT2D eigenvalue weighted by Gasteiger charge is -2.34. The fourth-order valence-corrected chi connectivity index (χ4v) is 1.97. The Morgan fingerprint density at radius 1 is 1.32 bits per heavy atom. The first-order valence-corrected chi connectivity index (χ1v) is 6.90. The predicted octanol–water partition coefficient (Wildman–Crippen LogP) is 1.81. The molecule has 0 N–H and O–H groups in total. The Bertz CT molecular complexity index is 407. The molecule has 1 aromatic rings. The summed E-state index contributed by atoms with van der Waals surface area (Å²) in [5.74, 6) is 0.101. The molecule has 1 aromatic heterocycles. The van der Waals surface area contributed by atoms with E-state index >= 15 is 0 Å². The van der Waals surface area contributed by atoms with Crippen molar-refractivity contribution in [1.29, 1.82) is 0 Å². The minimum Gasteiger partial charge on any atom is -0.378 e. The highest BCUT2D eigenvalue weighted by atomic mass is 16.5. The first kappa shape index (κ1) is 15.7. The highest BCUT2D eigenvalue weighted by Gasteiger charge is 2.35. The molecule has 1 amide bonds. The van der Waals surface area contributed by atoms with E-state index in [2.05, 4.69) is 5.10 Å². The second kappa shape index (κ2) is 6.70. The summed E-state index contributed by atoms with van der Waals surface area (Å²) >= 11 is 0. The molecule has 19 heavy (non-hydrogen) atoms. The summed E-state index contributed by atoms with van der Waals surface area (Å²) < 4.78 is 6.99. The van der Waals surface area contributed by atoms with E-state index in [0.717, 1.165) is 5.56 Å². The van der Waals surface area contributed by atoms with Crippen molar-refractivity contribution in [2.24, 2.45) is 0 Å². The molecule has 0 saturated carbocycles. The van der Waals surface area contributed by atoms with Gasteiger partial charge in [-0.05, 0) is 26.3 Å². The average Bonchev–Trinajstić information content (AvgIpc) is 2.88. The van der Waals surface area contributed by atoms with Crippen LogP contribution in [0.5, 0.6) is 0 Å². The molecule has 0 radical (unpaired) electrons. The minimum atomic E-state index is -0.633. The first-order valence-electron chi connectivity index (χ1n) is 6.90. The van der Waals surface area contributed by atoms with Gasteiger partial charge >= 0.3 is 0 Å². The number of carbonyl (C=O) groups excluding carboxylic acids is 1. The van der Waals surface area contributed by atoms with Crippen LogP contribution in [0.15, 0.2) is 12.4 Å². The maximum absolute atomic E-state index is 12.4. The highest BCUT2D eigenvalue weighted by Crippen LogP contribution is 2.19. The Hall–Kier alpha value is -1.36. The van der Waals surface area contributed by atoms with E-state index < -0.39 is 5.54 Å². The number of amides is 1. The maximum atomic E-state index is 12.4. The fourth-order valence-electron chi connectivity index (χ4n) is 1.97. The van der Waals surface area contributed by atoms with Gasteiger partial charge in [0.25, 0.3) is 0 Å². The van der Waals surface area contributed by atoms with E-state index in [1.165, 1.54) is 0 Å². The molecule has 108 valence electrons. The summed E-state index contributed by atoms with van der Waals surface area (Å²) in [5.41, 5.74) is 0.429. The lowest BCUT2D eigenvalue weighted by Crippen LogP contribution is -2.51. The minimum absolute atomic E-state index is 0.101. The van der Waals surface area contributed by atoms with E-state index in [-0.39, 0.29) is 5.91 Å². The largest absolute Gasteiger partial charge is 0.378 e. The van der Waals surface area contributed by atoms with E-state index in [0.29, 0.717) is 26.3 Å². The molecule has 0 bridgehead atoms. The van der Waals surface area contributed by atoms with Crippen LogP contribution in [-0.2, 0) is 15.1 Å².